The number of nitriles is 1. The Labute approximate surface area is 165 Å². The van der Waals surface area contributed by atoms with Gasteiger partial charge in [0.2, 0.25) is 10.0 Å². The third-order valence-corrected chi connectivity index (χ3v) is 6.18. The minimum atomic E-state index is -3.71. The number of hydrogen-bond donors (Lipinski definition) is 2. The predicted molar refractivity (Wildman–Crippen MR) is 106 cm³/mol. The zero-order valence-corrected chi connectivity index (χ0v) is 16.4. The highest BCUT2D eigenvalue weighted by molar-refractivity contribution is 7.89. The van der Waals surface area contributed by atoms with Crippen molar-refractivity contribution < 1.29 is 17.9 Å². The minimum absolute atomic E-state index is 0.0223. The second-order valence-electron chi connectivity index (χ2n) is 5.64. The van der Waals surface area contributed by atoms with Gasteiger partial charge in [0.25, 0.3) is 5.91 Å². The van der Waals surface area contributed by atoms with E-state index in [9.17, 15) is 13.2 Å². The summed E-state index contributed by atoms with van der Waals surface area (Å²) < 4.78 is 32.5. The molecule has 144 valence electrons. The average Bonchev–Trinajstić information content (AvgIpc) is 3.09. The van der Waals surface area contributed by atoms with Crippen LogP contribution in [0.1, 0.15) is 16.8 Å². The van der Waals surface area contributed by atoms with E-state index in [4.69, 9.17) is 10.00 Å². The number of anilines is 1. The van der Waals surface area contributed by atoms with Crippen LogP contribution in [0.4, 0.5) is 5.13 Å². The third kappa shape index (κ3) is 4.45. The van der Waals surface area contributed by atoms with Gasteiger partial charge in [0.05, 0.1) is 28.3 Å². The zero-order chi connectivity index (χ0) is 20.1. The number of thiazole rings is 1. The maximum absolute atomic E-state index is 12.4. The van der Waals surface area contributed by atoms with Crippen molar-refractivity contribution in [1.29, 1.82) is 5.26 Å². The molecule has 8 nitrogen and oxygen atoms in total. The van der Waals surface area contributed by atoms with Gasteiger partial charge >= 0.3 is 0 Å². The maximum atomic E-state index is 12.4. The van der Waals surface area contributed by atoms with Gasteiger partial charge < -0.3 is 4.74 Å². The molecular weight excluding hydrogens is 400 g/mol. The average molecular weight is 416 g/mol. The number of aromatic nitrogens is 1. The van der Waals surface area contributed by atoms with Crippen LogP contribution < -0.4 is 14.8 Å². The first-order chi connectivity index (χ1) is 13.4. The molecule has 10 heteroatoms. The summed E-state index contributed by atoms with van der Waals surface area (Å²) in [7, 11) is -2.14. The Hall–Kier alpha value is -3.00. The second-order valence-corrected chi connectivity index (χ2v) is 8.43. The van der Waals surface area contributed by atoms with Crippen molar-refractivity contribution in [2.24, 2.45) is 0 Å². The highest BCUT2D eigenvalue weighted by Crippen LogP contribution is 2.29. The van der Waals surface area contributed by atoms with Crippen LogP contribution in [0.5, 0.6) is 5.75 Å². The van der Waals surface area contributed by atoms with Gasteiger partial charge in [-0.2, -0.15) is 5.26 Å². The summed E-state index contributed by atoms with van der Waals surface area (Å²) in [6, 6.07) is 12.8. The normalized spacial score (nSPS) is 11.1. The van der Waals surface area contributed by atoms with Crippen LogP contribution >= 0.6 is 11.3 Å². The largest absolute Gasteiger partial charge is 0.497 e. The Bertz CT molecular complexity index is 1150. The molecule has 0 bridgehead atoms. The summed E-state index contributed by atoms with van der Waals surface area (Å²) in [6.45, 7) is 0.0312. The lowest BCUT2D eigenvalue weighted by Gasteiger charge is -2.06. The number of ether oxygens (including phenoxy) is 1. The molecule has 3 rings (SSSR count). The van der Waals surface area contributed by atoms with Crippen molar-refractivity contribution in [3.8, 4) is 11.8 Å². The standard InChI is InChI=1S/C18H16N4O4S2/c1-26-13-5-8-15-16(11-13)27-18(21-15)22-17(23)12-3-6-14(7-4-12)28(24,25)20-10-2-9-19/h3-8,11,20H,2,10H2,1H3,(H,21,22,23). The summed E-state index contributed by atoms with van der Waals surface area (Å²) in [5.74, 6) is 0.307. The first-order valence-corrected chi connectivity index (χ1v) is 10.5. The predicted octanol–water partition coefficient (Wildman–Crippen LogP) is 2.75. The fourth-order valence-electron chi connectivity index (χ4n) is 2.36. The van der Waals surface area contributed by atoms with E-state index in [1.807, 2.05) is 12.1 Å². The molecular formula is C18H16N4O4S2. The summed E-state index contributed by atoms with van der Waals surface area (Å²) in [5.41, 5.74) is 1.04. The molecule has 0 fully saturated rings. The first-order valence-electron chi connectivity index (χ1n) is 8.15. The van der Waals surface area contributed by atoms with E-state index in [0.717, 1.165) is 10.2 Å². The number of methoxy groups -OCH3 is 1. The Morgan fingerprint density at radius 3 is 2.68 bits per heavy atom. The molecule has 0 saturated heterocycles. The molecule has 0 unspecified atom stereocenters. The maximum Gasteiger partial charge on any atom is 0.257 e. The van der Waals surface area contributed by atoms with Crippen molar-refractivity contribution in [1.82, 2.24) is 9.71 Å². The van der Waals surface area contributed by atoms with E-state index in [1.54, 1.807) is 19.2 Å². The smallest absolute Gasteiger partial charge is 0.257 e. The van der Waals surface area contributed by atoms with Crippen molar-refractivity contribution in [3.05, 3.63) is 48.0 Å². The number of fused-ring (bicyclic) bond motifs is 1. The fraction of sp³-hybridized carbons (Fsp3) is 0.167. The van der Waals surface area contributed by atoms with Crippen LogP contribution in [-0.4, -0.2) is 33.0 Å². The van der Waals surface area contributed by atoms with Crippen LogP contribution in [0.15, 0.2) is 47.4 Å². The molecule has 0 aliphatic rings. The number of amides is 1. The molecule has 2 aromatic carbocycles. The molecule has 28 heavy (non-hydrogen) atoms. The summed E-state index contributed by atoms with van der Waals surface area (Å²) in [5, 5.41) is 11.6. The lowest BCUT2D eigenvalue weighted by molar-refractivity contribution is 0.102. The summed E-state index contributed by atoms with van der Waals surface area (Å²) in [6.07, 6.45) is 0.0771. The Morgan fingerprint density at radius 1 is 1.25 bits per heavy atom. The monoisotopic (exact) mass is 416 g/mol. The number of hydrogen-bond acceptors (Lipinski definition) is 7. The van der Waals surface area contributed by atoms with Crippen LogP contribution in [0.3, 0.4) is 0 Å². The zero-order valence-electron chi connectivity index (χ0n) is 14.8. The molecule has 0 aliphatic carbocycles. The number of sulfonamides is 1. The lowest BCUT2D eigenvalue weighted by Crippen LogP contribution is -2.24. The van der Waals surface area contributed by atoms with E-state index in [0.29, 0.717) is 16.4 Å². The second kappa shape index (κ2) is 8.35. The van der Waals surface area contributed by atoms with E-state index >= 15 is 0 Å². The van der Waals surface area contributed by atoms with Gasteiger partial charge in [-0.05, 0) is 42.5 Å². The highest BCUT2D eigenvalue weighted by atomic mass is 32.2. The van der Waals surface area contributed by atoms with Gasteiger partial charge in [-0.15, -0.1) is 0 Å². The molecule has 0 spiro atoms. The summed E-state index contributed by atoms with van der Waals surface area (Å²) in [4.78, 5) is 16.8. The molecule has 0 atom stereocenters. The Morgan fingerprint density at radius 2 is 2.00 bits per heavy atom. The molecule has 0 radical (unpaired) electrons. The summed E-state index contributed by atoms with van der Waals surface area (Å²) >= 11 is 1.31. The Kier molecular flexibility index (Phi) is 5.89. The van der Waals surface area contributed by atoms with Gasteiger partial charge in [-0.1, -0.05) is 11.3 Å². The fourth-order valence-corrected chi connectivity index (χ4v) is 4.29. The highest BCUT2D eigenvalue weighted by Gasteiger charge is 2.15. The molecule has 1 heterocycles. The van der Waals surface area contributed by atoms with E-state index in [2.05, 4.69) is 15.0 Å². The van der Waals surface area contributed by atoms with Crippen molar-refractivity contribution in [2.45, 2.75) is 11.3 Å². The molecule has 2 N–H and O–H groups in total. The quantitative estimate of drug-likeness (QED) is 0.571. The van der Waals surface area contributed by atoms with Crippen molar-refractivity contribution in [3.63, 3.8) is 0 Å². The SMILES string of the molecule is COc1ccc2nc(NC(=O)c3ccc(S(=O)(=O)NCCC#N)cc3)sc2c1. The van der Waals surface area contributed by atoms with Gasteiger partial charge in [0, 0.05) is 18.5 Å². The number of nitrogens with zero attached hydrogens (tertiary/aromatic N) is 2. The molecule has 1 amide bonds. The van der Waals surface area contributed by atoms with Crippen LogP contribution in [0.2, 0.25) is 0 Å². The van der Waals surface area contributed by atoms with Crippen LogP contribution in [0.25, 0.3) is 10.2 Å². The minimum Gasteiger partial charge on any atom is -0.497 e. The van der Waals surface area contributed by atoms with Gasteiger partial charge in [0.1, 0.15) is 5.75 Å². The van der Waals surface area contributed by atoms with Crippen molar-refractivity contribution >= 4 is 42.6 Å². The van der Waals surface area contributed by atoms with Crippen LogP contribution in [0, 0.1) is 11.3 Å². The molecule has 0 aliphatic heterocycles. The number of rotatable bonds is 7. The third-order valence-electron chi connectivity index (χ3n) is 3.77. The molecule has 1 aromatic heterocycles. The number of carbonyl (C=O) groups is 1. The number of benzene rings is 2. The first kappa shape index (κ1) is 19.8. The Balaban J connectivity index is 1.72. The van der Waals surface area contributed by atoms with Crippen LogP contribution in [-0.2, 0) is 10.0 Å². The molecule has 3 aromatic rings. The lowest BCUT2D eigenvalue weighted by atomic mass is 10.2. The number of nitrogens with one attached hydrogen (secondary N) is 2. The van der Waals surface area contributed by atoms with E-state index in [-0.39, 0.29) is 17.9 Å². The topological polar surface area (TPSA) is 121 Å². The van der Waals surface area contributed by atoms with Gasteiger partial charge in [-0.3, -0.25) is 10.1 Å². The number of carbonyl (C=O) groups excluding carboxylic acids is 1. The van der Waals surface area contributed by atoms with Gasteiger partial charge in [-0.25, -0.2) is 18.1 Å². The van der Waals surface area contributed by atoms with E-state index < -0.39 is 15.9 Å². The molecule has 0 saturated carbocycles. The van der Waals surface area contributed by atoms with Crippen molar-refractivity contribution in [2.75, 3.05) is 19.0 Å². The van der Waals surface area contributed by atoms with E-state index in [1.165, 1.54) is 35.6 Å². The van der Waals surface area contributed by atoms with Gasteiger partial charge in [0.15, 0.2) is 5.13 Å².